The molecule has 1 saturated carbocycles. The topological polar surface area (TPSA) is 44.4 Å². The standard InChI is InChI=1S/C13H23N3O.ClH/c17-12-13(6-8-14-9-7-13)16(10-15-12)11-4-2-1-3-5-11;/h11,14H,1-10H2,(H,15,17);1H. The normalized spacial score (nSPS) is 29.0. The molecule has 0 unspecified atom stereocenters. The molecule has 4 nitrogen and oxygen atoms in total. The molecule has 2 saturated heterocycles. The number of carbonyl (C=O) groups is 1. The van der Waals surface area contributed by atoms with Crippen LogP contribution in [0.3, 0.4) is 0 Å². The second-order valence-corrected chi connectivity index (χ2v) is 5.71. The van der Waals surface area contributed by atoms with Gasteiger partial charge in [-0.2, -0.15) is 0 Å². The van der Waals surface area contributed by atoms with Crippen LogP contribution in [0.2, 0.25) is 0 Å². The Labute approximate surface area is 115 Å². The van der Waals surface area contributed by atoms with Crippen LogP contribution in [0.25, 0.3) is 0 Å². The van der Waals surface area contributed by atoms with Crippen molar-refractivity contribution in [1.82, 2.24) is 15.5 Å². The van der Waals surface area contributed by atoms with Crippen molar-refractivity contribution in [1.29, 1.82) is 0 Å². The number of nitrogens with zero attached hydrogens (tertiary/aromatic N) is 1. The van der Waals surface area contributed by atoms with Gasteiger partial charge < -0.3 is 10.6 Å². The fourth-order valence-corrected chi connectivity index (χ4v) is 3.83. The molecule has 1 amide bonds. The van der Waals surface area contributed by atoms with Crippen molar-refractivity contribution in [2.24, 2.45) is 0 Å². The van der Waals surface area contributed by atoms with E-state index in [2.05, 4.69) is 15.5 Å². The van der Waals surface area contributed by atoms with Gasteiger partial charge in [-0.15, -0.1) is 12.4 Å². The number of hydrogen-bond donors (Lipinski definition) is 2. The number of piperidine rings is 1. The van der Waals surface area contributed by atoms with Crippen LogP contribution in [-0.2, 0) is 4.79 Å². The Morgan fingerprint density at radius 3 is 2.44 bits per heavy atom. The van der Waals surface area contributed by atoms with Crippen molar-refractivity contribution in [3.63, 3.8) is 0 Å². The number of hydrogen-bond acceptors (Lipinski definition) is 3. The average molecular weight is 274 g/mol. The molecule has 18 heavy (non-hydrogen) atoms. The third kappa shape index (κ3) is 2.26. The molecule has 3 aliphatic rings. The van der Waals surface area contributed by atoms with Crippen LogP contribution in [0.5, 0.6) is 0 Å². The first-order chi connectivity index (χ1) is 8.33. The van der Waals surface area contributed by atoms with Gasteiger partial charge in [0.05, 0.1) is 6.67 Å². The summed E-state index contributed by atoms with van der Waals surface area (Å²) in [6.45, 7) is 2.75. The van der Waals surface area contributed by atoms with Gasteiger partial charge in [0, 0.05) is 6.04 Å². The second-order valence-electron chi connectivity index (χ2n) is 5.71. The third-order valence-corrected chi connectivity index (χ3v) is 4.83. The second kappa shape index (κ2) is 5.76. The maximum absolute atomic E-state index is 12.2. The van der Waals surface area contributed by atoms with Gasteiger partial charge in [-0.05, 0) is 38.8 Å². The lowest BCUT2D eigenvalue weighted by molar-refractivity contribution is -0.129. The fourth-order valence-electron chi connectivity index (χ4n) is 3.83. The van der Waals surface area contributed by atoms with E-state index < -0.39 is 0 Å². The SMILES string of the molecule is Cl.O=C1NCN(C2CCCCC2)C12CCNCC2. The molecule has 104 valence electrons. The predicted molar refractivity (Wildman–Crippen MR) is 73.8 cm³/mol. The molecule has 0 aromatic carbocycles. The molecule has 2 N–H and O–H groups in total. The summed E-state index contributed by atoms with van der Waals surface area (Å²) in [7, 11) is 0. The molecule has 0 aromatic heterocycles. The largest absolute Gasteiger partial charge is 0.342 e. The van der Waals surface area contributed by atoms with Crippen LogP contribution in [0.4, 0.5) is 0 Å². The van der Waals surface area contributed by atoms with Gasteiger partial charge in [0.1, 0.15) is 5.54 Å². The third-order valence-electron chi connectivity index (χ3n) is 4.83. The van der Waals surface area contributed by atoms with Crippen molar-refractivity contribution in [3.05, 3.63) is 0 Å². The minimum atomic E-state index is -0.173. The Morgan fingerprint density at radius 1 is 1.11 bits per heavy atom. The molecule has 5 heteroatoms. The molecular formula is C13H24ClN3O. The van der Waals surface area contributed by atoms with Gasteiger partial charge in [0.15, 0.2) is 0 Å². The van der Waals surface area contributed by atoms with Gasteiger partial charge in [0.25, 0.3) is 0 Å². The van der Waals surface area contributed by atoms with E-state index >= 15 is 0 Å². The number of carbonyl (C=O) groups excluding carboxylic acids is 1. The summed E-state index contributed by atoms with van der Waals surface area (Å²) >= 11 is 0. The van der Waals surface area contributed by atoms with E-state index in [0.717, 1.165) is 32.6 Å². The van der Waals surface area contributed by atoms with Crippen molar-refractivity contribution in [3.8, 4) is 0 Å². The number of amides is 1. The van der Waals surface area contributed by atoms with Gasteiger partial charge >= 0.3 is 0 Å². The Balaban J connectivity index is 0.00000120. The molecule has 2 heterocycles. The van der Waals surface area contributed by atoms with E-state index in [1.165, 1.54) is 32.1 Å². The van der Waals surface area contributed by atoms with Gasteiger partial charge in [0.2, 0.25) is 5.91 Å². The molecular weight excluding hydrogens is 250 g/mol. The summed E-state index contributed by atoms with van der Waals surface area (Å²) in [4.78, 5) is 14.7. The van der Waals surface area contributed by atoms with Crippen LogP contribution >= 0.6 is 12.4 Å². The molecule has 2 aliphatic heterocycles. The fraction of sp³-hybridized carbons (Fsp3) is 0.923. The van der Waals surface area contributed by atoms with Gasteiger partial charge in [-0.1, -0.05) is 19.3 Å². The highest BCUT2D eigenvalue weighted by Gasteiger charge is 2.51. The lowest BCUT2D eigenvalue weighted by Crippen LogP contribution is -2.58. The monoisotopic (exact) mass is 273 g/mol. The van der Waals surface area contributed by atoms with E-state index in [9.17, 15) is 4.79 Å². The van der Waals surface area contributed by atoms with Crippen molar-refractivity contribution < 1.29 is 4.79 Å². The molecule has 0 aromatic rings. The zero-order valence-corrected chi connectivity index (χ0v) is 11.7. The highest BCUT2D eigenvalue weighted by atomic mass is 35.5. The van der Waals surface area contributed by atoms with Crippen LogP contribution in [0.15, 0.2) is 0 Å². The highest BCUT2D eigenvalue weighted by Crippen LogP contribution is 2.36. The Hall–Kier alpha value is -0.320. The minimum absolute atomic E-state index is 0. The molecule has 3 rings (SSSR count). The molecule has 1 spiro atoms. The zero-order chi connectivity index (χ0) is 11.7. The van der Waals surface area contributed by atoms with E-state index in [1.54, 1.807) is 0 Å². The highest BCUT2D eigenvalue weighted by molar-refractivity contribution is 5.88. The summed E-state index contributed by atoms with van der Waals surface area (Å²) in [5.41, 5.74) is -0.173. The first-order valence-corrected chi connectivity index (χ1v) is 7.09. The number of halogens is 1. The zero-order valence-electron chi connectivity index (χ0n) is 10.9. The van der Waals surface area contributed by atoms with Crippen molar-refractivity contribution >= 4 is 18.3 Å². The van der Waals surface area contributed by atoms with Crippen LogP contribution in [-0.4, -0.2) is 42.1 Å². The smallest absolute Gasteiger partial charge is 0.241 e. The number of rotatable bonds is 1. The minimum Gasteiger partial charge on any atom is -0.342 e. The lowest BCUT2D eigenvalue weighted by atomic mass is 9.83. The van der Waals surface area contributed by atoms with Gasteiger partial charge in [-0.25, -0.2) is 0 Å². The van der Waals surface area contributed by atoms with E-state index in [0.29, 0.717) is 6.04 Å². The van der Waals surface area contributed by atoms with Crippen LogP contribution < -0.4 is 10.6 Å². The Morgan fingerprint density at radius 2 is 1.78 bits per heavy atom. The van der Waals surface area contributed by atoms with Crippen LogP contribution in [0.1, 0.15) is 44.9 Å². The quantitative estimate of drug-likeness (QED) is 0.756. The summed E-state index contributed by atoms with van der Waals surface area (Å²) in [5, 5.41) is 6.46. The van der Waals surface area contributed by atoms with E-state index in [4.69, 9.17) is 0 Å². The molecule has 0 radical (unpaired) electrons. The molecule has 0 atom stereocenters. The molecule has 0 bridgehead atoms. The molecule has 3 fully saturated rings. The average Bonchev–Trinajstić information content (AvgIpc) is 2.69. The summed E-state index contributed by atoms with van der Waals surface area (Å²) < 4.78 is 0. The van der Waals surface area contributed by atoms with Crippen molar-refractivity contribution in [2.75, 3.05) is 19.8 Å². The number of nitrogens with one attached hydrogen (secondary N) is 2. The van der Waals surface area contributed by atoms with E-state index in [1.807, 2.05) is 0 Å². The predicted octanol–water partition coefficient (Wildman–Crippen LogP) is 1.25. The van der Waals surface area contributed by atoms with Crippen molar-refractivity contribution in [2.45, 2.75) is 56.5 Å². The van der Waals surface area contributed by atoms with Crippen LogP contribution in [0, 0.1) is 0 Å². The summed E-state index contributed by atoms with van der Waals surface area (Å²) in [6, 6.07) is 0.640. The first-order valence-electron chi connectivity index (χ1n) is 7.09. The maximum Gasteiger partial charge on any atom is 0.241 e. The Kier molecular flexibility index (Phi) is 4.51. The van der Waals surface area contributed by atoms with Gasteiger partial charge in [-0.3, -0.25) is 9.69 Å². The summed E-state index contributed by atoms with van der Waals surface area (Å²) in [6.07, 6.45) is 8.58. The van der Waals surface area contributed by atoms with E-state index in [-0.39, 0.29) is 23.9 Å². The lowest BCUT2D eigenvalue weighted by Gasteiger charge is -2.44. The Bertz CT molecular complexity index is 299. The maximum atomic E-state index is 12.2. The first kappa shape index (κ1) is 14.1. The molecule has 1 aliphatic carbocycles. The summed E-state index contributed by atoms with van der Waals surface area (Å²) in [5.74, 6) is 0.282.